The average molecular weight is 252 g/mol. The summed E-state index contributed by atoms with van der Waals surface area (Å²) in [7, 11) is 3.54. The van der Waals surface area contributed by atoms with E-state index in [0.29, 0.717) is 32.0 Å². The first-order chi connectivity index (χ1) is 8.65. The number of pyridine rings is 1. The van der Waals surface area contributed by atoms with Crippen LogP contribution in [-0.4, -0.2) is 43.2 Å². The predicted molar refractivity (Wildman–Crippen MR) is 68.4 cm³/mol. The molecule has 1 rings (SSSR count). The van der Waals surface area contributed by atoms with Crippen molar-refractivity contribution < 1.29 is 14.3 Å². The SMILES string of the molecule is CCOC(=O)CCN(C)Cc1cccc(OC)n1. The first-order valence-corrected chi connectivity index (χ1v) is 5.99. The van der Waals surface area contributed by atoms with Crippen LogP contribution in [0.5, 0.6) is 5.88 Å². The van der Waals surface area contributed by atoms with Gasteiger partial charge in [-0.1, -0.05) is 6.07 Å². The van der Waals surface area contributed by atoms with Crippen LogP contribution in [-0.2, 0) is 16.1 Å². The third-order valence-electron chi connectivity index (χ3n) is 2.43. The smallest absolute Gasteiger partial charge is 0.307 e. The molecule has 0 aliphatic rings. The van der Waals surface area contributed by atoms with Gasteiger partial charge in [-0.25, -0.2) is 4.98 Å². The van der Waals surface area contributed by atoms with Crippen LogP contribution in [0.1, 0.15) is 19.0 Å². The summed E-state index contributed by atoms with van der Waals surface area (Å²) in [4.78, 5) is 17.6. The van der Waals surface area contributed by atoms with Crippen molar-refractivity contribution in [2.24, 2.45) is 0 Å². The van der Waals surface area contributed by atoms with Crippen LogP contribution in [0.25, 0.3) is 0 Å². The van der Waals surface area contributed by atoms with E-state index in [0.717, 1.165) is 5.69 Å². The summed E-state index contributed by atoms with van der Waals surface area (Å²) in [5, 5.41) is 0. The van der Waals surface area contributed by atoms with E-state index in [1.165, 1.54) is 0 Å². The second kappa shape index (κ2) is 7.66. The molecule has 0 unspecified atom stereocenters. The topological polar surface area (TPSA) is 51.7 Å². The Labute approximate surface area is 108 Å². The molecule has 1 aromatic rings. The zero-order chi connectivity index (χ0) is 13.4. The highest BCUT2D eigenvalue weighted by Crippen LogP contribution is 2.08. The highest BCUT2D eigenvalue weighted by Gasteiger charge is 2.06. The number of nitrogens with zero attached hydrogens (tertiary/aromatic N) is 2. The van der Waals surface area contributed by atoms with Crippen LogP contribution in [0.2, 0.25) is 0 Å². The van der Waals surface area contributed by atoms with Crippen molar-refractivity contribution in [1.82, 2.24) is 9.88 Å². The molecular formula is C13H20N2O3. The van der Waals surface area contributed by atoms with E-state index in [9.17, 15) is 4.79 Å². The Balaban J connectivity index is 2.39. The summed E-state index contributed by atoms with van der Waals surface area (Å²) in [6, 6.07) is 5.64. The Hall–Kier alpha value is -1.62. The first kappa shape index (κ1) is 14.4. The van der Waals surface area contributed by atoms with Crippen LogP contribution in [0.15, 0.2) is 18.2 Å². The van der Waals surface area contributed by atoms with E-state index >= 15 is 0 Å². The van der Waals surface area contributed by atoms with Gasteiger partial charge in [-0.05, 0) is 20.0 Å². The largest absolute Gasteiger partial charge is 0.481 e. The third-order valence-corrected chi connectivity index (χ3v) is 2.43. The van der Waals surface area contributed by atoms with Gasteiger partial charge >= 0.3 is 5.97 Å². The van der Waals surface area contributed by atoms with E-state index in [4.69, 9.17) is 9.47 Å². The number of rotatable bonds is 7. The molecule has 0 fully saturated rings. The van der Waals surface area contributed by atoms with Crippen molar-refractivity contribution in [3.63, 3.8) is 0 Å². The Morgan fingerprint density at radius 1 is 1.44 bits per heavy atom. The molecule has 0 saturated carbocycles. The fraction of sp³-hybridized carbons (Fsp3) is 0.538. The quantitative estimate of drug-likeness (QED) is 0.688. The molecule has 0 saturated heterocycles. The molecule has 0 radical (unpaired) electrons. The molecule has 0 amide bonds. The Morgan fingerprint density at radius 2 is 2.22 bits per heavy atom. The van der Waals surface area contributed by atoms with Gasteiger partial charge in [-0.2, -0.15) is 0 Å². The minimum absolute atomic E-state index is 0.164. The Bertz CT molecular complexity index is 382. The van der Waals surface area contributed by atoms with Crippen LogP contribution < -0.4 is 4.74 Å². The first-order valence-electron chi connectivity index (χ1n) is 5.99. The molecule has 1 heterocycles. The maximum atomic E-state index is 11.2. The molecular weight excluding hydrogens is 232 g/mol. The second-order valence-corrected chi connectivity index (χ2v) is 3.96. The number of methoxy groups -OCH3 is 1. The maximum Gasteiger partial charge on any atom is 0.307 e. The summed E-state index contributed by atoms with van der Waals surface area (Å²) >= 11 is 0. The molecule has 0 aliphatic carbocycles. The molecule has 0 spiro atoms. The van der Waals surface area contributed by atoms with Gasteiger partial charge in [0.15, 0.2) is 0 Å². The van der Waals surface area contributed by atoms with Gasteiger partial charge in [-0.15, -0.1) is 0 Å². The average Bonchev–Trinajstić information content (AvgIpc) is 2.37. The van der Waals surface area contributed by atoms with E-state index in [1.807, 2.05) is 37.1 Å². The van der Waals surface area contributed by atoms with Crippen molar-refractivity contribution >= 4 is 5.97 Å². The number of aromatic nitrogens is 1. The number of esters is 1. The summed E-state index contributed by atoms with van der Waals surface area (Å²) in [5.74, 6) is 0.439. The Morgan fingerprint density at radius 3 is 2.89 bits per heavy atom. The number of carbonyl (C=O) groups excluding carboxylic acids is 1. The lowest BCUT2D eigenvalue weighted by atomic mass is 10.3. The highest BCUT2D eigenvalue weighted by molar-refractivity contribution is 5.69. The van der Waals surface area contributed by atoms with Gasteiger partial charge < -0.3 is 9.47 Å². The number of hydrogen-bond acceptors (Lipinski definition) is 5. The van der Waals surface area contributed by atoms with E-state index in [-0.39, 0.29) is 5.97 Å². The maximum absolute atomic E-state index is 11.2. The third kappa shape index (κ3) is 5.14. The van der Waals surface area contributed by atoms with Crippen molar-refractivity contribution in [2.45, 2.75) is 19.9 Å². The summed E-state index contributed by atoms with van der Waals surface area (Å²) in [6.07, 6.45) is 0.397. The van der Waals surface area contributed by atoms with Gasteiger partial charge in [-0.3, -0.25) is 9.69 Å². The molecule has 0 aliphatic heterocycles. The lowest BCUT2D eigenvalue weighted by molar-refractivity contribution is -0.143. The fourth-order valence-corrected chi connectivity index (χ4v) is 1.53. The molecule has 5 heteroatoms. The molecule has 18 heavy (non-hydrogen) atoms. The zero-order valence-electron chi connectivity index (χ0n) is 11.2. The predicted octanol–water partition coefficient (Wildman–Crippen LogP) is 1.48. The van der Waals surface area contributed by atoms with E-state index in [1.54, 1.807) is 7.11 Å². The van der Waals surface area contributed by atoms with Gasteiger partial charge in [0.25, 0.3) is 0 Å². The zero-order valence-corrected chi connectivity index (χ0v) is 11.2. The molecule has 1 aromatic heterocycles. The molecule has 100 valence electrons. The molecule has 0 aromatic carbocycles. The minimum Gasteiger partial charge on any atom is -0.481 e. The molecule has 5 nitrogen and oxygen atoms in total. The van der Waals surface area contributed by atoms with Gasteiger partial charge in [0.1, 0.15) is 0 Å². The standard InChI is InChI=1S/C13H20N2O3/c1-4-18-13(16)8-9-15(2)10-11-6-5-7-12(14-11)17-3/h5-7H,4,8-10H2,1-3H3. The van der Waals surface area contributed by atoms with Crippen LogP contribution in [0.3, 0.4) is 0 Å². The van der Waals surface area contributed by atoms with Crippen molar-refractivity contribution in [3.05, 3.63) is 23.9 Å². The van der Waals surface area contributed by atoms with Crippen molar-refractivity contribution in [1.29, 1.82) is 0 Å². The number of ether oxygens (including phenoxy) is 2. The molecule has 0 N–H and O–H groups in total. The van der Waals surface area contributed by atoms with Gasteiger partial charge in [0, 0.05) is 19.2 Å². The number of hydrogen-bond donors (Lipinski definition) is 0. The monoisotopic (exact) mass is 252 g/mol. The van der Waals surface area contributed by atoms with Gasteiger partial charge in [0.2, 0.25) is 5.88 Å². The highest BCUT2D eigenvalue weighted by atomic mass is 16.5. The molecule has 0 atom stereocenters. The summed E-state index contributed by atoms with van der Waals surface area (Å²) in [6.45, 7) is 3.57. The minimum atomic E-state index is -0.164. The van der Waals surface area contributed by atoms with Crippen LogP contribution in [0.4, 0.5) is 0 Å². The lowest BCUT2D eigenvalue weighted by Gasteiger charge is -2.15. The van der Waals surface area contributed by atoms with E-state index in [2.05, 4.69) is 4.98 Å². The second-order valence-electron chi connectivity index (χ2n) is 3.96. The summed E-state index contributed by atoms with van der Waals surface area (Å²) < 4.78 is 9.94. The van der Waals surface area contributed by atoms with Crippen LogP contribution >= 0.6 is 0 Å². The van der Waals surface area contributed by atoms with E-state index < -0.39 is 0 Å². The van der Waals surface area contributed by atoms with Crippen molar-refractivity contribution in [3.8, 4) is 5.88 Å². The summed E-state index contributed by atoms with van der Waals surface area (Å²) in [5.41, 5.74) is 0.917. The van der Waals surface area contributed by atoms with Gasteiger partial charge in [0.05, 0.1) is 25.8 Å². The molecule has 0 bridgehead atoms. The Kier molecular flexibility index (Phi) is 6.14. The normalized spacial score (nSPS) is 10.4. The van der Waals surface area contributed by atoms with Crippen molar-refractivity contribution in [2.75, 3.05) is 27.3 Å². The fourth-order valence-electron chi connectivity index (χ4n) is 1.53. The van der Waals surface area contributed by atoms with Crippen LogP contribution in [0, 0.1) is 0 Å². The lowest BCUT2D eigenvalue weighted by Crippen LogP contribution is -2.22. The number of carbonyl (C=O) groups is 1.